The molecule has 1 fully saturated rings. The van der Waals surface area contributed by atoms with E-state index in [1.165, 1.54) is 0 Å². The Kier molecular flexibility index (Phi) is 4.08. The van der Waals surface area contributed by atoms with Crippen molar-refractivity contribution in [3.8, 4) is 0 Å². The second-order valence-corrected chi connectivity index (χ2v) is 3.96. The van der Waals surface area contributed by atoms with Crippen LogP contribution >= 0.6 is 0 Å². The standard InChI is InChI=1S/C10H18N2O3/c1-3-7(2)12-5-4-9(13)11-8(6-12)10(14)15/h7-8H,3-6H2,1-2H3,(H,11,13)(H,14,15). The number of carbonyl (C=O) groups excluding carboxylic acids is 1. The van der Waals surface area contributed by atoms with E-state index in [-0.39, 0.29) is 5.91 Å². The fourth-order valence-electron chi connectivity index (χ4n) is 1.68. The lowest BCUT2D eigenvalue weighted by molar-refractivity contribution is -0.141. The van der Waals surface area contributed by atoms with Crippen molar-refractivity contribution in [2.75, 3.05) is 13.1 Å². The molecule has 1 aliphatic rings. The topological polar surface area (TPSA) is 69.6 Å². The van der Waals surface area contributed by atoms with Crippen LogP contribution in [0, 0.1) is 0 Å². The van der Waals surface area contributed by atoms with E-state index in [0.717, 1.165) is 6.42 Å². The second kappa shape index (κ2) is 5.11. The lowest BCUT2D eigenvalue weighted by atomic mass is 10.2. The maximum absolute atomic E-state index is 11.3. The van der Waals surface area contributed by atoms with Gasteiger partial charge in [0.1, 0.15) is 6.04 Å². The van der Waals surface area contributed by atoms with Gasteiger partial charge in [-0.15, -0.1) is 0 Å². The summed E-state index contributed by atoms with van der Waals surface area (Å²) < 4.78 is 0. The summed E-state index contributed by atoms with van der Waals surface area (Å²) in [5, 5.41) is 11.4. The van der Waals surface area contributed by atoms with Crippen molar-refractivity contribution in [2.24, 2.45) is 0 Å². The first-order chi connectivity index (χ1) is 7.04. The minimum atomic E-state index is -0.960. The molecule has 1 rings (SSSR count). The van der Waals surface area contributed by atoms with Crippen molar-refractivity contribution in [3.05, 3.63) is 0 Å². The maximum Gasteiger partial charge on any atom is 0.327 e. The molecule has 1 saturated heterocycles. The molecule has 15 heavy (non-hydrogen) atoms. The predicted molar refractivity (Wildman–Crippen MR) is 55.5 cm³/mol. The monoisotopic (exact) mass is 214 g/mol. The van der Waals surface area contributed by atoms with Gasteiger partial charge in [-0.25, -0.2) is 4.79 Å². The smallest absolute Gasteiger partial charge is 0.327 e. The van der Waals surface area contributed by atoms with Gasteiger partial charge in [-0.1, -0.05) is 6.92 Å². The van der Waals surface area contributed by atoms with Crippen LogP contribution in [0.1, 0.15) is 26.7 Å². The highest BCUT2D eigenvalue weighted by atomic mass is 16.4. The fourth-order valence-corrected chi connectivity index (χ4v) is 1.68. The normalized spacial score (nSPS) is 25.5. The van der Waals surface area contributed by atoms with E-state index in [9.17, 15) is 9.59 Å². The third-order valence-electron chi connectivity index (χ3n) is 2.89. The zero-order valence-electron chi connectivity index (χ0n) is 9.19. The first kappa shape index (κ1) is 12.0. The highest BCUT2D eigenvalue weighted by Gasteiger charge is 2.28. The Bertz CT molecular complexity index is 255. The van der Waals surface area contributed by atoms with Gasteiger partial charge in [0.05, 0.1) is 0 Å². The number of nitrogens with one attached hydrogen (secondary N) is 1. The van der Waals surface area contributed by atoms with Gasteiger partial charge >= 0.3 is 5.97 Å². The SMILES string of the molecule is CCC(C)N1CCC(=O)NC(C(=O)O)C1. The summed E-state index contributed by atoms with van der Waals surface area (Å²) in [7, 11) is 0. The van der Waals surface area contributed by atoms with Crippen molar-refractivity contribution in [1.29, 1.82) is 0 Å². The Hall–Kier alpha value is -1.10. The second-order valence-electron chi connectivity index (χ2n) is 3.96. The number of hydrogen-bond donors (Lipinski definition) is 2. The fraction of sp³-hybridized carbons (Fsp3) is 0.800. The summed E-state index contributed by atoms with van der Waals surface area (Å²) in [5.41, 5.74) is 0. The zero-order valence-corrected chi connectivity index (χ0v) is 9.19. The van der Waals surface area contributed by atoms with Crippen molar-refractivity contribution >= 4 is 11.9 Å². The predicted octanol–water partition coefficient (Wildman–Crippen LogP) is 0.0600. The molecule has 2 unspecified atom stereocenters. The summed E-state index contributed by atoms with van der Waals surface area (Å²) in [5.74, 6) is -1.13. The van der Waals surface area contributed by atoms with E-state index in [1.807, 2.05) is 0 Å². The summed E-state index contributed by atoms with van der Waals surface area (Å²) in [4.78, 5) is 24.2. The number of rotatable bonds is 3. The van der Waals surface area contributed by atoms with Crippen LogP contribution in [0.15, 0.2) is 0 Å². The van der Waals surface area contributed by atoms with E-state index in [0.29, 0.717) is 25.6 Å². The van der Waals surface area contributed by atoms with E-state index in [4.69, 9.17) is 5.11 Å². The number of carboxylic acid groups (broad SMARTS) is 1. The first-order valence-electron chi connectivity index (χ1n) is 5.30. The minimum absolute atomic E-state index is 0.173. The van der Waals surface area contributed by atoms with Gasteiger partial charge in [0.25, 0.3) is 0 Å². The summed E-state index contributed by atoms with van der Waals surface area (Å²) in [6.07, 6.45) is 1.34. The summed E-state index contributed by atoms with van der Waals surface area (Å²) in [6, 6.07) is -0.450. The van der Waals surface area contributed by atoms with Crippen LogP contribution in [0.4, 0.5) is 0 Å². The minimum Gasteiger partial charge on any atom is -0.480 e. The van der Waals surface area contributed by atoms with E-state index in [2.05, 4.69) is 24.1 Å². The molecule has 0 aromatic carbocycles. The molecule has 5 heteroatoms. The largest absolute Gasteiger partial charge is 0.480 e. The zero-order chi connectivity index (χ0) is 11.4. The third-order valence-corrected chi connectivity index (χ3v) is 2.89. The molecule has 1 heterocycles. The Labute approximate surface area is 89.4 Å². The molecule has 0 bridgehead atoms. The van der Waals surface area contributed by atoms with Gasteiger partial charge in [0.2, 0.25) is 5.91 Å². The number of aliphatic carboxylic acids is 1. The van der Waals surface area contributed by atoms with Gasteiger partial charge in [-0.3, -0.25) is 9.69 Å². The number of carbonyl (C=O) groups is 2. The molecular formula is C10H18N2O3. The highest BCUT2D eigenvalue weighted by Crippen LogP contribution is 2.09. The number of nitrogens with zero attached hydrogens (tertiary/aromatic N) is 1. The molecule has 0 radical (unpaired) electrons. The van der Waals surface area contributed by atoms with Crippen LogP contribution in [-0.2, 0) is 9.59 Å². The van der Waals surface area contributed by atoms with E-state index < -0.39 is 12.0 Å². The van der Waals surface area contributed by atoms with Crippen molar-refractivity contribution in [1.82, 2.24) is 10.2 Å². The number of hydrogen-bond acceptors (Lipinski definition) is 3. The molecule has 2 N–H and O–H groups in total. The molecule has 0 aliphatic carbocycles. The summed E-state index contributed by atoms with van der Waals surface area (Å²) >= 11 is 0. The van der Waals surface area contributed by atoms with E-state index in [1.54, 1.807) is 0 Å². The average molecular weight is 214 g/mol. The van der Waals surface area contributed by atoms with Gasteiger partial charge in [-0.2, -0.15) is 0 Å². The van der Waals surface area contributed by atoms with Crippen LogP contribution in [0.2, 0.25) is 0 Å². The van der Waals surface area contributed by atoms with Crippen molar-refractivity contribution in [2.45, 2.75) is 38.8 Å². The Morgan fingerprint density at radius 3 is 2.93 bits per heavy atom. The van der Waals surface area contributed by atoms with Crippen LogP contribution in [0.3, 0.4) is 0 Å². The van der Waals surface area contributed by atoms with Gasteiger partial charge in [0, 0.05) is 25.6 Å². The lowest BCUT2D eigenvalue weighted by Crippen LogP contribution is -2.46. The summed E-state index contributed by atoms with van der Waals surface area (Å²) in [6.45, 7) is 5.15. The van der Waals surface area contributed by atoms with Crippen LogP contribution in [0.25, 0.3) is 0 Å². The van der Waals surface area contributed by atoms with Gasteiger partial charge < -0.3 is 10.4 Å². The number of carboxylic acids is 1. The first-order valence-corrected chi connectivity index (χ1v) is 5.30. The molecule has 86 valence electrons. The van der Waals surface area contributed by atoms with Gasteiger partial charge in [-0.05, 0) is 13.3 Å². The Morgan fingerprint density at radius 2 is 2.40 bits per heavy atom. The molecular weight excluding hydrogens is 196 g/mol. The van der Waals surface area contributed by atoms with Crippen LogP contribution in [-0.4, -0.2) is 47.1 Å². The molecule has 1 amide bonds. The Balaban J connectivity index is 2.68. The van der Waals surface area contributed by atoms with Crippen molar-refractivity contribution < 1.29 is 14.7 Å². The molecule has 5 nitrogen and oxygen atoms in total. The lowest BCUT2D eigenvalue weighted by Gasteiger charge is -2.27. The number of amides is 1. The molecule has 0 saturated carbocycles. The molecule has 0 spiro atoms. The van der Waals surface area contributed by atoms with Crippen LogP contribution in [0.5, 0.6) is 0 Å². The Morgan fingerprint density at radius 1 is 1.73 bits per heavy atom. The highest BCUT2D eigenvalue weighted by molar-refractivity contribution is 5.84. The molecule has 0 aromatic heterocycles. The van der Waals surface area contributed by atoms with Crippen LogP contribution < -0.4 is 5.32 Å². The molecule has 0 aromatic rings. The maximum atomic E-state index is 11.3. The quantitative estimate of drug-likeness (QED) is 0.697. The average Bonchev–Trinajstić information content (AvgIpc) is 2.39. The van der Waals surface area contributed by atoms with E-state index >= 15 is 0 Å². The van der Waals surface area contributed by atoms with Crippen molar-refractivity contribution in [3.63, 3.8) is 0 Å². The molecule has 2 atom stereocenters. The molecule has 1 aliphatic heterocycles. The van der Waals surface area contributed by atoms with Gasteiger partial charge in [0.15, 0.2) is 0 Å². The third kappa shape index (κ3) is 3.20.